The first-order chi connectivity index (χ1) is 11.8. The highest BCUT2D eigenvalue weighted by Crippen LogP contribution is 2.32. The molecule has 0 unspecified atom stereocenters. The maximum atomic E-state index is 12.0. The summed E-state index contributed by atoms with van der Waals surface area (Å²) in [4.78, 5) is 25.3. The molecular formula is C18H17N5O. The summed E-state index contributed by atoms with van der Waals surface area (Å²) in [5, 5.41) is 5.99. The van der Waals surface area contributed by atoms with Gasteiger partial charge in [0.2, 0.25) is 5.91 Å². The predicted octanol–water partition coefficient (Wildman–Crippen LogP) is 3.08. The first-order valence-corrected chi connectivity index (χ1v) is 7.95. The van der Waals surface area contributed by atoms with Gasteiger partial charge in [-0.2, -0.15) is 0 Å². The molecule has 120 valence electrons. The van der Waals surface area contributed by atoms with Crippen LogP contribution in [-0.4, -0.2) is 27.9 Å². The number of carbonyl (C=O) groups is 1. The first-order valence-electron chi connectivity index (χ1n) is 7.95. The third kappa shape index (κ3) is 2.67. The van der Waals surface area contributed by atoms with Gasteiger partial charge in [0.25, 0.3) is 0 Å². The maximum absolute atomic E-state index is 12.0. The second-order valence-corrected chi connectivity index (χ2v) is 5.87. The molecule has 6 nitrogen and oxygen atoms in total. The molecule has 2 N–H and O–H groups in total. The third-order valence-corrected chi connectivity index (χ3v) is 4.14. The Labute approximate surface area is 139 Å². The molecule has 2 aromatic heterocycles. The van der Waals surface area contributed by atoms with Crippen molar-refractivity contribution in [2.45, 2.75) is 12.8 Å². The molecule has 0 bridgehead atoms. The molecule has 1 fully saturated rings. The van der Waals surface area contributed by atoms with E-state index in [1.54, 1.807) is 18.6 Å². The zero-order chi connectivity index (χ0) is 16.5. The minimum absolute atomic E-state index is 0.0260. The highest BCUT2D eigenvalue weighted by molar-refractivity contribution is 6.00. The van der Waals surface area contributed by atoms with Gasteiger partial charge in [-0.3, -0.25) is 14.8 Å². The van der Waals surface area contributed by atoms with Crippen molar-refractivity contribution in [1.29, 1.82) is 0 Å². The number of aromatic nitrogens is 3. The molecule has 6 heteroatoms. The fourth-order valence-electron chi connectivity index (χ4n) is 2.69. The number of carbonyl (C=O) groups excluding carboxylic acids is 1. The fourth-order valence-corrected chi connectivity index (χ4v) is 2.69. The van der Waals surface area contributed by atoms with Crippen LogP contribution in [0.3, 0.4) is 0 Å². The smallest absolute Gasteiger partial charge is 0.228 e. The van der Waals surface area contributed by atoms with E-state index in [-0.39, 0.29) is 11.8 Å². The second-order valence-electron chi connectivity index (χ2n) is 5.87. The van der Waals surface area contributed by atoms with Gasteiger partial charge >= 0.3 is 0 Å². The molecular weight excluding hydrogens is 302 g/mol. The zero-order valence-corrected chi connectivity index (χ0v) is 13.3. The van der Waals surface area contributed by atoms with Crippen molar-refractivity contribution >= 4 is 28.4 Å². The Bertz CT molecular complexity index is 906. The number of nitrogens with zero attached hydrogens (tertiary/aromatic N) is 3. The molecule has 1 aliphatic rings. The molecule has 1 saturated carbocycles. The predicted molar refractivity (Wildman–Crippen MR) is 93.7 cm³/mol. The van der Waals surface area contributed by atoms with Crippen LogP contribution in [0.5, 0.6) is 0 Å². The molecule has 1 aromatic carbocycles. The third-order valence-electron chi connectivity index (χ3n) is 4.14. The van der Waals surface area contributed by atoms with Gasteiger partial charge in [-0.05, 0) is 31.0 Å². The van der Waals surface area contributed by atoms with E-state index in [0.717, 1.165) is 40.7 Å². The molecule has 0 spiro atoms. The van der Waals surface area contributed by atoms with Crippen LogP contribution in [0.15, 0.2) is 42.9 Å². The number of hydrogen-bond donors (Lipinski definition) is 2. The van der Waals surface area contributed by atoms with Crippen molar-refractivity contribution in [3.05, 3.63) is 42.9 Å². The van der Waals surface area contributed by atoms with Crippen LogP contribution in [0.25, 0.3) is 22.2 Å². The molecule has 0 radical (unpaired) electrons. The Kier molecular flexibility index (Phi) is 3.57. The van der Waals surface area contributed by atoms with Crippen molar-refractivity contribution < 1.29 is 4.79 Å². The van der Waals surface area contributed by atoms with Crippen molar-refractivity contribution in [1.82, 2.24) is 15.0 Å². The van der Waals surface area contributed by atoms with E-state index in [1.807, 2.05) is 31.3 Å². The number of pyridine rings is 1. The number of fused-ring (bicyclic) bond motifs is 1. The van der Waals surface area contributed by atoms with Gasteiger partial charge in [0.1, 0.15) is 5.52 Å². The summed E-state index contributed by atoms with van der Waals surface area (Å²) in [5.41, 5.74) is 4.32. The number of rotatable bonds is 4. The summed E-state index contributed by atoms with van der Waals surface area (Å²) in [6, 6.07) is 7.85. The van der Waals surface area contributed by atoms with E-state index in [1.165, 1.54) is 0 Å². The van der Waals surface area contributed by atoms with Crippen molar-refractivity contribution in [2.24, 2.45) is 5.92 Å². The summed E-state index contributed by atoms with van der Waals surface area (Å²) in [7, 11) is 1.84. The van der Waals surface area contributed by atoms with Gasteiger partial charge in [0.15, 0.2) is 5.82 Å². The lowest BCUT2D eigenvalue weighted by atomic mass is 10.0. The van der Waals surface area contributed by atoms with Gasteiger partial charge in [-0.15, -0.1) is 0 Å². The van der Waals surface area contributed by atoms with Gasteiger partial charge in [0, 0.05) is 36.5 Å². The minimum Gasteiger partial charge on any atom is -0.386 e. The van der Waals surface area contributed by atoms with Crippen LogP contribution in [0, 0.1) is 5.92 Å². The average molecular weight is 319 g/mol. The van der Waals surface area contributed by atoms with Gasteiger partial charge in [0.05, 0.1) is 17.4 Å². The van der Waals surface area contributed by atoms with Crippen LogP contribution in [0.4, 0.5) is 11.5 Å². The van der Waals surface area contributed by atoms with Crippen LogP contribution < -0.4 is 10.6 Å². The molecule has 0 atom stereocenters. The molecule has 1 aliphatic carbocycles. The quantitative estimate of drug-likeness (QED) is 0.772. The molecule has 24 heavy (non-hydrogen) atoms. The largest absolute Gasteiger partial charge is 0.386 e. The number of amides is 1. The van der Waals surface area contributed by atoms with Crippen LogP contribution >= 0.6 is 0 Å². The Morgan fingerprint density at radius 2 is 2.04 bits per heavy atom. The zero-order valence-electron chi connectivity index (χ0n) is 13.3. The van der Waals surface area contributed by atoms with Gasteiger partial charge < -0.3 is 10.6 Å². The number of anilines is 2. The molecule has 1 amide bonds. The van der Waals surface area contributed by atoms with E-state index in [4.69, 9.17) is 0 Å². The minimum atomic E-state index is 0.0260. The molecule has 2 heterocycles. The van der Waals surface area contributed by atoms with E-state index in [2.05, 4.69) is 25.6 Å². The van der Waals surface area contributed by atoms with E-state index in [0.29, 0.717) is 5.82 Å². The Morgan fingerprint density at radius 1 is 1.17 bits per heavy atom. The molecule has 0 aliphatic heterocycles. The highest BCUT2D eigenvalue weighted by atomic mass is 16.2. The summed E-state index contributed by atoms with van der Waals surface area (Å²) in [6.07, 6.45) is 7.07. The van der Waals surface area contributed by atoms with E-state index in [9.17, 15) is 4.79 Å². The van der Waals surface area contributed by atoms with Crippen molar-refractivity contribution in [3.8, 4) is 11.1 Å². The summed E-state index contributed by atoms with van der Waals surface area (Å²) < 4.78 is 0. The lowest BCUT2D eigenvalue weighted by molar-refractivity contribution is -0.117. The molecule has 3 aromatic rings. The first kappa shape index (κ1) is 14.6. The molecule has 4 rings (SSSR count). The Morgan fingerprint density at radius 3 is 2.75 bits per heavy atom. The standard InChI is InChI=1S/C18H17N5O/c1-19-14-7-6-13(12-3-2-8-20-9-12)16-17(14)22-15(10-21-16)23-18(24)11-4-5-11/h2-3,6-11,19H,4-5H2,1H3,(H,22,23,24). The van der Waals surface area contributed by atoms with Gasteiger partial charge in [-0.25, -0.2) is 4.98 Å². The van der Waals surface area contributed by atoms with Crippen LogP contribution in [-0.2, 0) is 4.79 Å². The Hall–Kier alpha value is -3.02. The van der Waals surface area contributed by atoms with Crippen LogP contribution in [0.1, 0.15) is 12.8 Å². The number of benzene rings is 1. The van der Waals surface area contributed by atoms with Crippen molar-refractivity contribution in [3.63, 3.8) is 0 Å². The number of nitrogens with one attached hydrogen (secondary N) is 2. The monoisotopic (exact) mass is 319 g/mol. The maximum Gasteiger partial charge on any atom is 0.228 e. The lowest BCUT2D eigenvalue weighted by Gasteiger charge is -2.11. The van der Waals surface area contributed by atoms with Crippen molar-refractivity contribution in [2.75, 3.05) is 17.7 Å². The average Bonchev–Trinajstić information content (AvgIpc) is 3.46. The van der Waals surface area contributed by atoms with E-state index >= 15 is 0 Å². The normalized spacial score (nSPS) is 13.7. The molecule has 0 saturated heterocycles. The fraction of sp³-hybridized carbons (Fsp3) is 0.222. The summed E-state index contributed by atoms with van der Waals surface area (Å²) in [6.45, 7) is 0. The van der Waals surface area contributed by atoms with E-state index < -0.39 is 0 Å². The highest BCUT2D eigenvalue weighted by Gasteiger charge is 2.30. The number of hydrogen-bond acceptors (Lipinski definition) is 5. The topological polar surface area (TPSA) is 79.8 Å². The summed E-state index contributed by atoms with van der Waals surface area (Å²) in [5.74, 6) is 0.644. The summed E-state index contributed by atoms with van der Waals surface area (Å²) >= 11 is 0. The van der Waals surface area contributed by atoms with Crippen LogP contribution in [0.2, 0.25) is 0 Å². The Balaban J connectivity index is 1.81. The SMILES string of the molecule is CNc1ccc(-c2cccnc2)c2ncc(NC(=O)C3CC3)nc12. The second kappa shape index (κ2) is 5.88. The van der Waals surface area contributed by atoms with Gasteiger partial charge in [-0.1, -0.05) is 6.07 Å². The lowest BCUT2D eigenvalue weighted by Crippen LogP contribution is -2.14.